The van der Waals surface area contributed by atoms with Gasteiger partial charge in [0, 0.05) is 20.0 Å². The molecule has 5 nitrogen and oxygen atoms in total. The summed E-state index contributed by atoms with van der Waals surface area (Å²) in [4.78, 5) is 11.1. The van der Waals surface area contributed by atoms with E-state index in [0.29, 0.717) is 24.5 Å². The third-order valence-electron chi connectivity index (χ3n) is 2.46. The number of carbonyl (C=O) groups excluding carboxylic acids is 1. The van der Waals surface area contributed by atoms with Gasteiger partial charge in [-0.1, -0.05) is 6.07 Å². The zero-order valence-corrected chi connectivity index (χ0v) is 11.9. The van der Waals surface area contributed by atoms with Crippen LogP contribution in [0.25, 0.3) is 0 Å². The van der Waals surface area contributed by atoms with Gasteiger partial charge in [0.25, 0.3) is 0 Å². The van der Waals surface area contributed by atoms with Crippen molar-refractivity contribution in [1.82, 2.24) is 5.32 Å². The number of hydrogen-bond acceptors (Lipinski definition) is 4. The van der Waals surface area contributed by atoms with Crippen LogP contribution in [-0.2, 0) is 11.3 Å². The lowest BCUT2D eigenvalue weighted by molar-refractivity contribution is -0.114. The van der Waals surface area contributed by atoms with Crippen molar-refractivity contribution < 1.29 is 14.6 Å². The average Bonchev–Trinajstić information content (AvgIpc) is 2.27. The number of carbonyl (C=O) groups is 1. The molecule has 19 heavy (non-hydrogen) atoms. The number of ether oxygens (including phenoxy) is 1. The topological polar surface area (TPSA) is 70.6 Å². The van der Waals surface area contributed by atoms with Gasteiger partial charge in [-0.3, -0.25) is 4.79 Å². The van der Waals surface area contributed by atoms with Gasteiger partial charge in [-0.25, -0.2) is 0 Å². The lowest BCUT2D eigenvalue weighted by Crippen LogP contribution is -2.34. The first kappa shape index (κ1) is 15.5. The third-order valence-corrected chi connectivity index (χ3v) is 2.46. The van der Waals surface area contributed by atoms with Crippen LogP contribution in [0.4, 0.5) is 5.69 Å². The first-order chi connectivity index (χ1) is 8.81. The Hall–Kier alpha value is -1.59. The summed E-state index contributed by atoms with van der Waals surface area (Å²) in [6.07, 6.45) is 0. The maximum Gasteiger partial charge on any atom is 0.221 e. The molecule has 0 aliphatic rings. The second kappa shape index (κ2) is 6.54. The number of benzene rings is 1. The Bertz CT molecular complexity index is 439. The van der Waals surface area contributed by atoms with Crippen LogP contribution >= 0.6 is 0 Å². The molecule has 0 spiro atoms. The molecule has 1 aromatic rings. The summed E-state index contributed by atoms with van der Waals surface area (Å²) < 4.78 is 5.18. The molecule has 0 heterocycles. The molecule has 0 aliphatic heterocycles. The second-order valence-electron chi connectivity index (χ2n) is 5.13. The summed E-state index contributed by atoms with van der Waals surface area (Å²) in [5.74, 6) is 0.487. The Kier molecular flexibility index (Phi) is 5.32. The van der Waals surface area contributed by atoms with Gasteiger partial charge in [-0.2, -0.15) is 0 Å². The molecule has 1 aromatic carbocycles. The monoisotopic (exact) mass is 266 g/mol. The Balaban J connectivity index is 2.72. The van der Waals surface area contributed by atoms with Gasteiger partial charge in [0.15, 0.2) is 0 Å². The Morgan fingerprint density at radius 3 is 2.63 bits per heavy atom. The molecule has 0 atom stereocenters. The molecule has 1 amide bonds. The Morgan fingerprint density at radius 2 is 2.11 bits per heavy atom. The molecule has 106 valence electrons. The van der Waals surface area contributed by atoms with Crippen molar-refractivity contribution in [3.8, 4) is 5.75 Å². The van der Waals surface area contributed by atoms with E-state index in [1.807, 2.05) is 18.2 Å². The minimum absolute atomic E-state index is 0.139. The predicted molar refractivity (Wildman–Crippen MR) is 75.3 cm³/mol. The van der Waals surface area contributed by atoms with E-state index in [2.05, 4.69) is 10.6 Å². The van der Waals surface area contributed by atoms with Crippen molar-refractivity contribution in [2.75, 3.05) is 19.0 Å². The number of anilines is 1. The van der Waals surface area contributed by atoms with Crippen LogP contribution in [0.15, 0.2) is 18.2 Å². The highest BCUT2D eigenvalue weighted by atomic mass is 16.5. The van der Waals surface area contributed by atoms with Crippen molar-refractivity contribution >= 4 is 11.6 Å². The van der Waals surface area contributed by atoms with Crippen LogP contribution in [0.3, 0.4) is 0 Å². The van der Waals surface area contributed by atoms with E-state index in [1.165, 1.54) is 6.92 Å². The molecule has 0 aliphatic carbocycles. The first-order valence-corrected chi connectivity index (χ1v) is 6.19. The van der Waals surface area contributed by atoms with Gasteiger partial charge in [-0.15, -0.1) is 0 Å². The van der Waals surface area contributed by atoms with Gasteiger partial charge in [0.2, 0.25) is 5.91 Å². The minimum atomic E-state index is -0.743. The highest BCUT2D eigenvalue weighted by molar-refractivity contribution is 5.90. The quantitative estimate of drug-likeness (QED) is 0.730. The lowest BCUT2D eigenvalue weighted by atomic mass is 10.1. The number of rotatable bonds is 6. The van der Waals surface area contributed by atoms with E-state index in [0.717, 1.165) is 5.56 Å². The standard InChI is InChI=1S/C14H22N2O3/c1-10(17)16-12-7-11(5-6-13(12)19-4)8-15-9-14(2,3)18/h5-7,15,18H,8-9H2,1-4H3,(H,16,17). The largest absolute Gasteiger partial charge is 0.495 e. The van der Waals surface area contributed by atoms with Crippen LogP contribution in [0.1, 0.15) is 26.3 Å². The van der Waals surface area contributed by atoms with Crippen molar-refractivity contribution in [3.05, 3.63) is 23.8 Å². The molecule has 0 radical (unpaired) electrons. The molecule has 1 rings (SSSR count). The Labute approximate surface area is 114 Å². The fourth-order valence-corrected chi connectivity index (χ4v) is 1.67. The molecular formula is C14H22N2O3. The van der Waals surface area contributed by atoms with Gasteiger partial charge in [0.1, 0.15) is 5.75 Å². The lowest BCUT2D eigenvalue weighted by Gasteiger charge is -2.18. The molecule has 0 bridgehead atoms. The normalized spacial score (nSPS) is 11.2. The zero-order chi connectivity index (χ0) is 14.5. The smallest absolute Gasteiger partial charge is 0.221 e. The highest BCUT2D eigenvalue weighted by Gasteiger charge is 2.11. The van der Waals surface area contributed by atoms with E-state index in [-0.39, 0.29) is 5.91 Å². The van der Waals surface area contributed by atoms with E-state index < -0.39 is 5.60 Å². The van der Waals surface area contributed by atoms with Crippen molar-refractivity contribution in [3.63, 3.8) is 0 Å². The van der Waals surface area contributed by atoms with E-state index in [4.69, 9.17) is 4.74 Å². The number of amides is 1. The summed E-state index contributed by atoms with van der Waals surface area (Å²) in [5, 5.41) is 15.5. The molecule has 5 heteroatoms. The zero-order valence-electron chi connectivity index (χ0n) is 11.9. The van der Waals surface area contributed by atoms with E-state index in [9.17, 15) is 9.90 Å². The maximum atomic E-state index is 11.1. The summed E-state index contributed by atoms with van der Waals surface area (Å²) in [7, 11) is 1.56. The summed E-state index contributed by atoms with van der Waals surface area (Å²) in [5.41, 5.74) is 0.916. The van der Waals surface area contributed by atoms with Gasteiger partial charge >= 0.3 is 0 Å². The molecule has 0 aromatic heterocycles. The van der Waals surface area contributed by atoms with E-state index >= 15 is 0 Å². The van der Waals surface area contributed by atoms with Crippen LogP contribution in [0.5, 0.6) is 5.75 Å². The SMILES string of the molecule is COc1ccc(CNCC(C)(C)O)cc1NC(C)=O. The molecular weight excluding hydrogens is 244 g/mol. The maximum absolute atomic E-state index is 11.1. The summed E-state index contributed by atoms with van der Waals surface area (Å²) >= 11 is 0. The molecule has 0 fully saturated rings. The van der Waals surface area contributed by atoms with Crippen LogP contribution < -0.4 is 15.4 Å². The minimum Gasteiger partial charge on any atom is -0.495 e. The number of methoxy groups -OCH3 is 1. The van der Waals surface area contributed by atoms with Crippen molar-refractivity contribution in [2.24, 2.45) is 0 Å². The van der Waals surface area contributed by atoms with E-state index in [1.54, 1.807) is 21.0 Å². The number of hydrogen-bond donors (Lipinski definition) is 3. The second-order valence-corrected chi connectivity index (χ2v) is 5.13. The van der Waals surface area contributed by atoms with Gasteiger partial charge in [0.05, 0.1) is 18.4 Å². The average molecular weight is 266 g/mol. The van der Waals surface area contributed by atoms with Gasteiger partial charge in [-0.05, 0) is 31.5 Å². The fraction of sp³-hybridized carbons (Fsp3) is 0.500. The predicted octanol–water partition coefficient (Wildman–Crippen LogP) is 1.51. The third kappa shape index (κ3) is 5.72. The number of aliphatic hydroxyl groups is 1. The summed E-state index contributed by atoms with van der Waals surface area (Å²) in [6.45, 7) is 6.06. The summed E-state index contributed by atoms with van der Waals surface area (Å²) in [6, 6.07) is 5.59. The first-order valence-electron chi connectivity index (χ1n) is 6.19. The van der Waals surface area contributed by atoms with Gasteiger partial charge < -0.3 is 20.5 Å². The highest BCUT2D eigenvalue weighted by Crippen LogP contribution is 2.25. The van der Waals surface area contributed by atoms with Crippen LogP contribution in [0, 0.1) is 0 Å². The van der Waals surface area contributed by atoms with Crippen molar-refractivity contribution in [2.45, 2.75) is 32.9 Å². The van der Waals surface area contributed by atoms with Crippen LogP contribution in [-0.4, -0.2) is 30.3 Å². The molecule has 0 saturated carbocycles. The van der Waals surface area contributed by atoms with Crippen LogP contribution in [0.2, 0.25) is 0 Å². The molecule has 3 N–H and O–H groups in total. The Morgan fingerprint density at radius 1 is 1.42 bits per heavy atom. The number of nitrogens with one attached hydrogen (secondary N) is 2. The van der Waals surface area contributed by atoms with Crippen molar-refractivity contribution in [1.29, 1.82) is 0 Å². The molecule has 0 unspecified atom stereocenters. The molecule has 0 saturated heterocycles. The fourth-order valence-electron chi connectivity index (χ4n) is 1.67.